The van der Waals surface area contributed by atoms with Crippen molar-refractivity contribution in [3.05, 3.63) is 85.1 Å². The number of hydrogen-bond donors (Lipinski definition) is 0. The van der Waals surface area contributed by atoms with Crippen LogP contribution in [0.5, 0.6) is 0 Å². The van der Waals surface area contributed by atoms with E-state index in [0.29, 0.717) is 19.3 Å². The molecule has 0 aromatic carbocycles. The molecule has 0 fully saturated rings. The molecule has 0 aliphatic heterocycles. The van der Waals surface area contributed by atoms with Crippen molar-refractivity contribution >= 4 is 17.9 Å². The van der Waals surface area contributed by atoms with Crippen molar-refractivity contribution in [1.29, 1.82) is 0 Å². The predicted molar refractivity (Wildman–Crippen MR) is 325 cm³/mol. The second-order valence-electron chi connectivity index (χ2n) is 21.3. The molecule has 0 spiro atoms. The molecule has 0 N–H and O–H groups in total. The summed E-state index contributed by atoms with van der Waals surface area (Å²) in [6, 6.07) is 0. The lowest BCUT2D eigenvalue weighted by Gasteiger charge is -2.18. The molecule has 0 aliphatic carbocycles. The number of carbonyl (C=O) groups is 3. The van der Waals surface area contributed by atoms with Crippen LogP contribution in [0.3, 0.4) is 0 Å². The summed E-state index contributed by atoms with van der Waals surface area (Å²) in [5.41, 5.74) is 0. The molecule has 6 heteroatoms. The van der Waals surface area contributed by atoms with E-state index in [1.807, 2.05) is 6.08 Å². The summed E-state index contributed by atoms with van der Waals surface area (Å²) in [6.07, 6.45) is 83.4. The van der Waals surface area contributed by atoms with Crippen LogP contribution in [0, 0.1) is 0 Å². The van der Waals surface area contributed by atoms with Gasteiger partial charge in [-0.2, -0.15) is 0 Å². The zero-order chi connectivity index (χ0) is 54.3. The summed E-state index contributed by atoms with van der Waals surface area (Å²) in [6.45, 7) is 6.38. The topological polar surface area (TPSA) is 78.9 Å². The highest BCUT2D eigenvalue weighted by atomic mass is 16.6. The molecule has 0 aliphatic rings. The lowest BCUT2D eigenvalue weighted by molar-refractivity contribution is -0.166. The Labute approximate surface area is 465 Å². The van der Waals surface area contributed by atoms with Gasteiger partial charge in [-0.15, -0.1) is 0 Å². The standard InChI is InChI=1S/C69H120O6/c1-4-7-10-13-16-19-22-25-27-29-30-31-32-33-34-35-36-37-38-40-41-44-47-50-53-56-59-62-68(71)74-65-66(64-73-67(70)61-58-55-52-49-46-43-24-21-18-15-12-9-6-3)75-69(72)63-60-57-54-51-48-45-42-39-28-26-23-20-17-14-11-8-5-2/h8-9,11-12,17-18,20-21,26,28,43,46,52,55,66H,4-7,10,13-16,19,22-25,27,29-42,44-45,47-51,53-54,56-65H2,1-3H3/b11-8-,12-9-,20-17-,21-18-,28-26-,46-43-,55-52-. The summed E-state index contributed by atoms with van der Waals surface area (Å²) in [5.74, 6) is -0.984. The van der Waals surface area contributed by atoms with Crippen molar-refractivity contribution in [2.75, 3.05) is 13.2 Å². The molecule has 0 amide bonds. The van der Waals surface area contributed by atoms with Crippen LogP contribution in [-0.4, -0.2) is 37.2 Å². The SMILES string of the molecule is CC/C=C\C/C=C\C/C=C\C/C=C\CCC(=O)OCC(COC(=O)CCCCCCCCCCCCCCCCCCCCCCCCCCCCC)OC(=O)CCCCCCCCC/C=C\C/C=C\C/C=C\CC. The number of allylic oxidation sites excluding steroid dienone is 14. The third kappa shape index (κ3) is 61.3. The van der Waals surface area contributed by atoms with E-state index in [2.05, 4.69) is 99.8 Å². The third-order valence-corrected chi connectivity index (χ3v) is 13.9. The highest BCUT2D eigenvalue weighted by Gasteiger charge is 2.19. The van der Waals surface area contributed by atoms with E-state index in [0.717, 1.165) is 89.9 Å². The van der Waals surface area contributed by atoms with Gasteiger partial charge in [-0.3, -0.25) is 14.4 Å². The van der Waals surface area contributed by atoms with Crippen LogP contribution in [0.15, 0.2) is 85.1 Å². The van der Waals surface area contributed by atoms with Gasteiger partial charge in [-0.25, -0.2) is 0 Å². The van der Waals surface area contributed by atoms with E-state index in [1.54, 1.807) is 0 Å². The lowest BCUT2D eigenvalue weighted by atomic mass is 10.0. The van der Waals surface area contributed by atoms with Crippen molar-refractivity contribution in [2.24, 2.45) is 0 Å². The molecule has 0 aromatic heterocycles. The molecule has 1 atom stereocenters. The highest BCUT2D eigenvalue weighted by Crippen LogP contribution is 2.17. The Balaban J connectivity index is 4.27. The van der Waals surface area contributed by atoms with Gasteiger partial charge in [0.1, 0.15) is 13.2 Å². The van der Waals surface area contributed by atoms with Gasteiger partial charge >= 0.3 is 17.9 Å². The zero-order valence-electron chi connectivity index (χ0n) is 49.6. The molecule has 0 aromatic rings. The predicted octanol–water partition coefficient (Wildman–Crippen LogP) is 21.9. The van der Waals surface area contributed by atoms with Gasteiger partial charge in [-0.05, 0) is 77.0 Å². The Morgan fingerprint density at radius 2 is 0.547 bits per heavy atom. The van der Waals surface area contributed by atoms with E-state index >= 15 is 0 Å². The minimum Gasteiger partial charge on any atom is -0.462 e. The normalized spacial score (nSPS) is 12.6. The molecule has 0 saturated carbocycles. The van der Waals surface area contributed by atoms with Crippen LogP contribution >= 0.6 is 0 Å². The Hall–Kier alpha value is -3.41. The second kappa shape index (κ2) is 63.1. The Morgan fingerprint density at radius 1 is 0.280 bits per heavy atom. The first kappa shape index (κ1) is 71.6. The maximum atomic E-state index is 12.9. The summed E-state index contributed by atoms with van der Waals surface area (Å²) >= 11 is 0. The summed E-state index contributed by atoms with van der Waals surface area (Å²) in [7, 11) is 0. The van der Waals surface area contributed by atoms with Crippen molar-refractivity contribution in [3.63, 3.8) is 0 Å². The summed E-state index contributed by atoms with van der Waals surface area (Å²) in [4.78, 5) is 38.2. The van der Waals surface area contributed by atoms with Gasteiger partial charge in [-0.1, -0.05) is 305 Å². The number of esters is 3. The molecule has 0 heterocycles. The molecule has 1 unspecified atom stereocenters. The molecule has 6 nitrogen and oxygen atoms in total. The quantitative estimate of drug-likeness (QED) is 0.0261. The molecule has 0 radical (unpaired) electrons. The number of ether oxygens (including phenoxy) is 3. The first-order valence-electron chi connectivity index (χ1n) is 32.1. The fourth-order valence-corrected chi connectivity index (χ4v) is 9.18. The molecule has 0 bridgehead atoms. The highest BCUT2D eigenvalue weighted by molar-refractivity contribution is 5.71. The monoisotopic (exact) mass is 1040 g/mol. The zero-order valence-corrected chi connectivity index (χ0v) is 49.6. The first-order chi connectivity index (χ1) is 37.0. The summed E-state index contributed by atoms with van der Waals surface area (Å²) in [5, 5.41) is 0. The first-order valence-corrected chi connectivity index (χ1v) is 32.1. The van der Waals surface area contributed by atoms with Crippen molar-refractivity contribution in [2.45, 2.75) is 322 Å². The van der Waals surface area contributed by atoms with Gasteiger partial charge in [0.25, 0.3) is 0 Å². The largest absolute Gasteiger partial charge is 0.462 e. The van der Waals surface area contributed by atoms with Gasteiger partial charge in [0.05, 0.1) is 0 Å². The molecular formula is C69H120O6. The molecule has 0 rings (SSSR count). The molecule has 75 heavy (non-hydrogen) atoms. The van der Waals surface area contributed by atoms with Gasteiger partial charge < -0.3 is 14.2 Å². The Bertz CT molecular complexity index is 1430. The van der Waals surface area contributed by atoms with Gasteiger partial charge in [0.2, 0.25) is 0 Å². The second-order valence-corrected chi connectivity index (χ2v) is 21.3. The summed E-state index contributed by atoms with van der Waals surface area (Å²) < 4.78 is 16.8. The van der Waals surface area contributed by atoms with Crippen LogP contribution in [0.1, 0.15) is 316 Å². The van der Waals surface area contributed by atoms with E-state index < -0.39 is 6.10 Å². The average Bonchev–Trinajstić information content (AvgIpc) is 3.41. The number of unbranched alkanes of at least 4 members (excludes halogenated alkanes) is 33. The number of rotatable bonds is 58. The average molecular weight is 1050 g/mol. The van der Waals surface area contributed by atoms with Crippen LogP contribution < -0.4 is 0 Å². The fourth-order valence-electron chi connectivity index (χ4n) is 9.18. The third-order valence-electron chi connectivity index (χ3n) is 13.9. The minimum atomic E-state index is -0.811. The smallest absolute Gasteiger partial charge is 0.306 e. The molecule has 432 valence electrons. The van der Waals surface area contributed by atoms with Crippen LogP contribution in [0.2, 0.25) is 0 Å². The van der Waals surface area contributed by atoms with Crippen LogP contribution in [-0.2, 0) is 28.6 Å². The lowest BCUT2D eigenvalue weighted by Crippen LogP contribution is -2.30. The van der Waals surface area contributed by atoms with Crippen molar-refractivity contribution < 1.29 is 28.6 Å². The number of hydrogen-bond acceptors (Lipinski definition) is 6. The van der Waals surface area contributed by atoms with Crippen LogP contribution in [0.4, 0.5) is 0 Å². The van der Waals surface area contributed by atoms with E-state index in [4.69, 9.17) is 14.2 Å². The minimum absolute atomic E-state index is 0.100. The van der Waals surface area contributed by atoms with Crippen molar-refractivity contribution in [3.8, 4) is 0 Å². The van der Waals surface area contributed by atoms with E-state index in [9.17, 15) is 14.4 Å². The molecule has 0 saturated heterocycles. The van der Waals surface area contributed by atoms with E-state index in [1.165, 1.54) is 180 Å². The van der Waals surface area contributed by atoms with E-state index in [-0.39, 0.29) is 37.5 Å². The van der Waals surface area contributed by atoms with Gasteiger partial charge in [0, 0.05) is 19.3 Å². The maximum absolute atomic E-state index is 12.9. The Kier molecular flexibility index (Phi) is 60.3. The van der Waals surface area contributed by atoms with Gasteiger partial charge in [0.15, 0.2) is 6.10 Å². The van der Waals surface area contributed by atoms with Crippen molar-refractivity contribution in [1.82, 2.24) is 0 Å². The Morgan fingerprint density at radius 3 is 0.893 bits per heavy atom. The number of carbonyl (C=O) groups excluding carboxylic acids is 3. The van der Waals surface area contributed by atoms with Crippen LogP contribution in [0.25, 0.3) is 0 Å². The fraction of sp³-hybridized carbons (Fsp3) is 0.754. The molecular weight excluding hydrogens is 925 g/mol. The maximum Gasteiger partial charge on any atom is 0.306 e.